The van der Waals surface area contributed by atoms with Gasteiger partial charge in [-0.1, -0.05) is 0 Å². The standard InChI is InChI=1S/C11H10O3/c12-7-14-9-4-5-10-8(6-9)2-1-3-11(10)13/h4-7H,1-3H2. The summed E-state index contributed by atoms with van der Waals surface area (Å²) in [5, 5.41) is 0. The highest BCUT2D eigenvalue weighted by atomic mass is 16.5. The van der Waals surface area contributed by atoms with Gasteiger partial charge >= 0.3 is 0 Å². The molecule has 0 saturated heterocycles. The summed E-state index contributed by atoms with van der Waals surface area (Å²) in [4.78, 5) is 21.6. The van der Waals surface area contributed by atoms with Crippen LogP contribution >= 0.6 is 0 Å². The molecule has 0 fully saturated rings. The fourth-order valence-electron chi connectivity index (χ4n) is 1.75. The van der Waals surface area contributed by atoms with Gasteiger partial charge in [0, 0.05) is 12.0 Å². The van der Waals surface area contributed by atoms with E-state index in [1.807, 2.05) is 0 Å². The van der Waals surface area contributed by atoms with Crippen molar-refractivity contribution >= 4 is 12.3 Å². The quantitative estimate of drug-likeness (QED) is 0.667. The molecule has 0 radical (unpaired) electrons. The van der Waals surface area contributed by atoms with E-state index >= 15 is 0 Å². The van der Waals surface area contributed by atoms with E-state index in [4.69, 9.17) is 4.74 Å². The van der Waals surface area contributed by atoms with Crippen molar-refractivity contribution in [1.82, 2.24) is 0 Å². The topological polar surface area (TPSA) is 43.4 Å². The van der Waals surface area contributed by atoms with Crippen LogP contribution in [0.1, 0.15) is 28.8 Å². The van der Waals surface area contributed by atoms with Crippen LogP contribution in [0.25, 0.3) is 0 Å². The molecule has 0 bridgehead atoms. The average Bonchev–Trinajstić information content (AvgIpc) is 2.18. The molecule has 1 aliphatic rings. The van der Waals surface area contributed by atoms with E-state index in [-0.39, 0.29) is 5.78 Å². The Bertz CT molecular complexity index is 382. The molecule has 1 aromatic carbocycles. The number of carbonyl (C=O) groups excluding carboxylic acids is 2. The summed E-state index contributed by atoms with van der Waals surface area (Å²) in [6, 6.07) is 5.15. The molecule has 3 heteroatoms. The van der Waals surface area contributed by atoms with Crippen LogP contribution in [0.2, 0.25) is 0 Å². The Morgan fingerprint density at radius 2 is 2.14 bits per heavy atom. The van der Waals surface area contributed by atoms with Crippen LogP contribution in [-0.4, -0.2) is 12.3 Å². The molecule has 0 heterocycles. The van der Waals surface area contributed by atoms with E-state index in [0.29, 0.717) is 18.6 Å². The number of ketones is 1. The van der Waals surface area contributed by atoms with Crippen LogP contribution in [-0.2, 0) is 11.2 Å². The summed E-state index contributed by atoms with van der Waals surface area (Å²) in [5.74, 6) is 0.692. The summed E-state index contributed by atoms with van der Waals surface area (Å²) in [7, 11) is 0. The van der Waals surface area contributed by atoms with Gasteiger partial charge in [-0.3, -0.25) is 9.59 Å². The van der Waals surface area contributed by atoms with Crippen LogP contribution in [0.5, 0.6) is 5.75 Å². The highest BCUT2D eigenvalue weighted by Gasteiger charge is 2.17. The van der Waals surface area contributed by atoms with Crippen LogP contribution in [0, 0.1) is 0 Å². The molecule has 0 spiro atoms. The smallest absolute Gasteiger partial charge is 0.298 e. The first-order chi connectivity index (χ1) is 6.81. The molecule has 0 amide bonds. The monoisotopic (exact) mass is 190 g/mol. The number of benzene rings is 1. The van der Waals surface area contributed by atoms with Crippen molar-refractivity contribution < 1.29 is 14.3 Å². The number of rotatable bonds is 2. The van der Waals surface area contributed by atoms with Gasteiger partial charge in [0.1, 0.15) is 5.75 Å². The molecule has 1 aliphatic carbocycles. The largest absolute Gasteiger partial charge is 0.429 e. The number of ether oxygens (including phenoxy) is 1. The van der Waals surface area contributed by atoms with Gasteiger partial charge in [-0.2, -0.15) is 0 Å². The molecule has 0 N–H and O–H groups in total. The fourth-order valence-corrected chi connectivity index (χ4v) is 1.75. The number of hydrogen-bond acceptors (Lipinski definition) is 3. The SMILES string of the molecule is O=COc1ccc2c(c1)CCCC2=O. The van der Waals surface area contributed by atoms with Gasteiger partial charge in [-0.25, -0.2) is 0 Å². The predicted octanol–water partition coefficient (Wildman–Crippen LogP) is 1.74. The van der Waals surface area contributed by atoms with Crippen molar-refractivity contribution in [2.45, 2.75) is 19.3 Å². The first kappa shape index (κ1) is 8.94. The summed E-state index contributed by atoms with van der Waals surface area (Å²) in [6.07, 6.45) is 2.40. The molecule has 0 unspecified atom stereocenters. The molecule has 0 atom stereocenters. The highest BCUT2D eigenvalue weighted by molar-refractivity contribution is 5.98. The number of aryl methyl sites for hydroxylation is 1. The maximum absolute atomic E-state index is 11.4. The van der Waals surface area contributed by atoms with E-state index in [1.54, 1.807) is 18.2 Å². The van der Waals surface area contributed by atoms with E-state index in [9.17, 15) is 9.59 Å². The third-order valence-electron chi connectivity index (χ3n) is 2.41. The molecule has 2 rings (SSSR count). The zero-order valence-corrected chi connectivity index (χ0v) is 7.66. The summed E-state index contributed by atoms with van der Waals surface area (Å²) < 4.78 is 4.72. The minimum Gasteiger partial charge on any atom is -0.429 e. The molecule has 0 saturated carbocycles. The van der Waals surface area contributed by atoms with Crippen LogP contribution in [0.3, 0.4) is 0 Å². The zero-order chi connectivity index (χ0) is 9.97. The van der Waals surface area contributed by atoms with Crippen LogP contribution in [0.15, 0.2) is 18.2 Å². The lowest BCUT2D eigenvalue weighted by Gasteiger charge is -2.14. The lowest BCUT2D eigenvalue weighted by atomic mass is 9.91. The average molecular weight is 190 g/mol. The van der Waals surface area contributed by atoms with Gasteiger partial charge in [-0.15, -0.1) is 0 Å². The van der Waals surface area contributed by atoms with Gasteiger partial charge in [0.15, 0.2) is 5.78 Å². The number of Topliss-reactive ketones (excluding diaryl/α,β-unsaturated/α-hetero) is 1. The van der Waals surface area contributed by atoms with E-state index in [1.165, 1.54) is 0 Å². The summed E-state index contributed by atoms with van der Waals surface area (Å²) in [5.41, 5.74) is 1.76. The van der Waals surface area contributed by atoms with Crippen molar-refractivity contribution in [3.05, 3.63) is 29.3 Å². The molecular formula is C11H10O3. The van der Waals surface area contributed by atoms with E-state index in [2.05, 4.69) is 0 Å². The first-order valence-corrected chi connectivity index (χ1v) is 4.57. The summed E-state index contributed by atoms with van der Waals surface area (Å²) >= 11 is 0. The Morgan fingerprint density at radius 3 is 2.93 bits per heavy atom. The predicted molar refractivity (Wildman–Crippen MR) is 50.4 cm³/mol. The molecule has 3 nitrogen and oxygen atoms in total. The second-order valence-electron chi connectivity index (χ2n) is 3.31. The zero-order valence-electron chi connectivity index (χ0n) is 7.66. The lowest BCUT2D eigenvalue weighted by Crippen LogP contribution is -2.10. The van der Waals surface area contributed by atoms with Crippen LogP contribution in [0.4, 0.5) is 0 Å². The Labute approximate surface area is 81.7 Å². The molecular weight excluding hydrogens is 180 g/mol. The van der Waals surface area contributed by atoms with Crippen molar-refractivity contribution in [2.24, 2.45) is 0 Å². The summed E-state index contributed by atoms with van der Waals surface area (Å²) in [6.45, 7) is 0.395. The van der Waals surface area contributed by atoms with Crippen molar-refractivity contribution in [3.63, 3.8) is 0 Å². The maximum atomic E-state index is 11.4. The van der Waals surface area contributed by atoms with E-state index in [0.717, 1.165) is 24.0 Å². The number of carbonyl (C=O) groups is 2. The normalized spacial score (nSPS) is 14.7. The van der Waals surface area contributed by atoms with E-state index < -0.39 is 0 Å². The van der Waals surface area contributed by atoms with Crippen molar-refractivity contribution in [2.75, 3.05) is 0 Å². The van der Waals surface area contributed by atoms with Crippen molar-refractivity contribution in [3.8, 4) is 5.75 Å². The molecule has 72 valence electrons. The number of fused-ring (bicyclic) bond motifs is 1. The molecule has 14 heavy (non-hydrogen) atoms. The van der Waals surface area contributed by atoms with Gasteiger partial charge in [0.05, 0.1) is 0 Å². The van der Waals surface area contributed by atoms with Crippen molar-refractivity contribution in [1.29, 1.82) is 0 Å². The third-order valence-corrected chi connectivity index (χ3v) is 2.41. The molecule has 0 aromatic heterocycles. The Balaban J connectivity index is 2.38. The Morgan fingerprint density at radius 1 is 1.29 bits per heavy atom. The number of hydrogen-bond donors (Lipinski definition) is 0. The van der Waals surface area contributed by atoms with Gasteiger partial charge in [0.2, 0.25) is 0 Å². The Kier molecular flexibility index (Phi) is 2.31. The van der Waals surface area contributed by atoms with Gasteiger partial charge in [-0.05, 0) is 36.6 Å². The lowest BCUT2D eigenvalue weighted by molar-refractivity contribution is -0.120. The second kappa shape index (κ2) is 3.62. The molecule has 1 aromatic rings. The maximum Gasteiger partial charge on any atom is 0.298 e. The Hall–Kier alpha value is -1.64. The molecule has 0 aliphatic heterocycles. The fraction of sp³-hybridized carbons (Fsp3) is 0.273. The van der Waals surface area contributed by atoms with Gasteiger partial charge < -0.3 is 4.74 Å². The minimum atomic E-state index is 0.184. The van der Waals surface area contributed by atoms with Crippen LogP contribution < -0.4 is 4.74 Å². The second-order valence-corrected chi connectivity index (χ2v) is 3.31. The highest BCUT2D eigenvalue weighted by Crippen LogP contribution is 2.24. The third kappa shape index (κ3) is 1.53. The minimum absolute atomic E-state index is 0.184. The first-order valence-electron chi connectivity index (χ1n) is 4.57. The van der Waals surface area contributed by atoms with Gasteiger partial charge in [0.25, 0.3) is 6.47 Å².